The van der Waals surface area contributed by atoms with Gasteiger partial charge in [-0.1, -0.05) is 13.3 Å². The van der Waals surface area contributed by atoms with E-state index in [1.807, 2.05) is 4.90 Å². The van der Waals surface area contributed by atoms with E-state index < -0.39 is 0 Å². The van der Waals surface area contributed by atoms with Crippen LogP contribution < -0.4 is 5.73 Å². The first-order chi connectivity index (χ1) is 6.72. The van der Waals surface area contributed by atoms with Crippen molar-refractivity contribution in [3.63, 3.8) is 0 Å². The van der Waals surface area contributed by atoms with Gasteiger partial charge in [0, 0.05) is 25.0 Å². The normalized spacial score (nSPS) is 33.1. The van der Waals surface area contributed by atoms with Crippen molar-refractivity contribution < 1.29 is 4.79 Å². The van der Waals surface area contributed by atoms with Crippen molar-refractivity contribution in [1.82, 2.24) is 4.90 Å². The maximum absolute atomic E-state index is 11.8. The van der Waals surface area contributed by atoms with Crippen molar-refractivity contribution in [2.45, 2.75) is 38.6 Å². The largest absolute Gasteiger partial charge is 0.342 e. The highest BCUT2D eigenvalue weighted by Crippen LogP contribution is 2.32. The average Bonchev–Trinajstić information content (AvgIpc) is 3.01. The van der Waals surface area contributed by atoms with Gasteiger partial charge in [0.1, 0.15) is 0 Å². The molecule has 0 radical (unpaired) electrons. The van der Waals surface area contributed by atoms with E-state index in [1.54, 1.807) is 0 Å². The Morgan fingerprint density at radius 3 is 2.71 bits per heavy atom. The molecule has 2 atom stereocenters. The predicted octanol–water partition coefficient (Wildman–Crippen LogP) is 0.982. The van der Waals surface area contributed by atoms with Crippen LogP contribution in [-0.4, -0.2) is 29.9 Å². The van der Waals surface area contributed by atoms with Crippen LogP contribution in [0, 0.1) is 11.8 Å². The minimum absolute atomic E-state index is 0.309. The van der Waals surface area contributed by atoms with Gasteiger partial charge in [-0.25, -0.2) is 0 Å². The third kappa shape index (κ3) is 1.92. The molecule has 14 heavy (non-hydrogen) atoms. The van der Waals surface area contributed by atoms with Crippen molar-refractivity contribution >= 4 is 5.91 Å². The van der Waals surface area contributed by atoms with Crippen LogP contribution in [0.25, 0.3) is 0 Å². The third-order valence-electron chi connectivity index (χ3n) is 3.56. The van der Waals surface area contributed by atoms with Crippen molar-refractivity contribution in [3.8, 4) is 0 Å². The number of nitrogens with two attached hydrogens (primary N) is 1. The van der Waals surface area contributed by atoms with E-state index in [9.17, 15) is 4.79 Å². The molecule has 0 aromatic heterocycles. The lowest BCUT2D eigenvalue weighted by Gasteiger charge is -2.36. The number of piperidine rings is 1. The summed E-state index contributed by atoms with van der Waals surface area (Å²) >= 11 is 0. The van der Waals surface area contributed by atoms with Gasteiger partial charge in [-0.2, -0.15) is 0 Å². The molecule has 0 aromatic carbocycles. The molecule has 3 nitrogen and oxygen atoms in total. The number of nitrogens with zero attached hydrogens (tertiary/aromatic N) is 1. The fourth-order valence-electron chi connectivity index (χ4n) is 2.27. The first-order valence-corrected chi connectivity index (χ1v) is 5.76. The molecule has 1 saturated carbocycles. The predicted molar refractivity (Wildman–Crippen MR) is 55.7 cm³/mol. The highest BCUT2D eigenvalue weighted by atomic mass is 16.2. The summed E-state index contributed by atoms with van der Waals surface area (Å²) in [7, 11) is 0. The monoisotopic (exact) mass is 196 g/mol. The summed E-state index contributed by atoms with van der Waals surface area (Å²) in [6, 6.07) is 0.309. The number of carbonyl (C=O) groups is 1. The maximum Gasteiger partial charge on any atom is 0.225 e. The summed E-state index contributed by atoms with van der Waals surface area (Å²) in [5.41, 5.74) is 6.01. The quantitative estimate of drug-likeness (QED) is 0.715. The lowest BCUT2D eigenvalue weighted by molar-refractivity contribution is -0.134. The molecule has 3 heteroatoms. The molecule has 2 aliphatic rings. The van der Waals surface area contributed by atoms with Gasteiger partial charge in [-0.3, -0.25) is 4.79 Å². The standard InChI is InChI=1S/C11H20N2O/c1-2-8-7-13(6-5-10(8)12)11(14)9-3-4-9/h8-10H,2-7,12H2,1H3/t8-,10+/m0/s1. The van der Waals surface area contributed by atoms with E-state index in [2.05, 4.69) is 6.92 Å². The summed E-state index contributed by atoms with van der Waals surface area (Å²) in [6.07, 6.45) is 4.29. The van der Waals surface area contributed by atoms with Gasteiger partial charge in [0.2, 0.25) is 5.91 Å². The molecule has 1 aliphatic carbocycles. The smallest absolute Gasteiger partial charge is 0.225 e. The number of hydrogen-bond donors (Lipinski definition) is 1. The molecule has 1 amide bonds. The average molecular weight is 196 g/mol. The molecular weight excluding hydrogens is 176 g/mol. The Morgan fingerprint density at radius 1 is 1.43 bits per heavy atom. The van der Waals surface area contributed by atoms with Crippen LogP contribution in [0.15, 0.2) is 0 Å². The van der Waals surface area contributed by atoms with Crippen molar-refractivity contribution in [2.75, 3.05) is 13.1 Å². The van der Waals surface area contributed by atoms with Crippen LogP contribution in [0.3, 0.4) is 0 Å². The van der Waals surface area contributed by atoms with Gasteiger partial charge in [-0.15, -0.1) is 0 Å². The van der Waals surface area contributed by atoms with Crippen LogP contribution in [-0.2, 0) is 4.79 Å². The molecule has 2 fully saturated rings. The van der Waals surface area contributed by atoms with Crippen LogP contribution in [0.2, 0.25) is 0 Å². The minimum atomic E-state index is 0.309. The Labute approximate surface area is 85.6 Å². The van der Waals surface area contributed by atoms with E-state index in [-0.39, 0.29) is 0 Å². The van der Waals surface area contributed by atoms with Gasteiger partial charge in [0.25, 0.3) is 0 Å². The zero-order valence-corrected chi connectivity index (χ0v) is 8.91. The summed E-state index contributed by atoms with van der Waals surface area (Å²) in [4.78, 5) is 13.9. The molecule has 1 heterocycles. The molecule has 1 saturated heterocycles. The van der Waals surface area contributed by atoms with E-state index >= 15 is 0 Å². The molecule has 0 aromatic rings. The molecule has 2 N–H and O–H groups in total. The summed E-state index contributed by atoms with van der Waals surface area (Å²) in [5, 5.41) is 0. The fraction of sp³-hybridized carbons (Fsp3) is 0.909. The second kappa shape index (κ2) is 3.89. The third-order valence-corrected chi connectivity index (χ3v) is 3.56. The number of rotatable bonds is 2. The maximum atomic E-state index is 11.8. The van der Waals surface area contributed by atoms with Crippen molar-refractivity contribution in [2.24, 2.45) is 17.6 Å². The number of likely N-dealkylation sites (tertiary alicyclic amines) is 1. The Morgan fingerprint density at radius 2 is 2.14 bits per heavy atom. The van der Waals surface area contributed by atoms with Crippen LogP contribution in [0.5, 0.6) is 0 Å². The fourth-order valence-corrected chi connectivity index (χ4v) is 2.27. The first kappa shape index (κ1) is 9.97. The van der Waals surface area contributed by atoms with Crippen LogP contribution >= 0.6 is 0 Å². The molecular formula is C11H20N2O. The van der Waals surface area contributed by atoms with Crippen molar-refractivity contribution in [1.29, 1.82) is 0 Å². The number of hydrogen-bond acceptors (Lipinski definition) is 2. The zero-order chi connectivity index (χ0) is 10.1. The van der Waals surface area contributed by atoms with Crippen LogP contribution in [0.4, 0.5) is 0 Å². The van der Waals surface area contributed by atoms with Gasteiger partial charge < -0.3 is 10.6 Å². The minimum Gasteiger partial charge on any atom is -0.342 e. The van der Waals surface area contributed by atoms with Gasteiger partial charge >= 0.3 is 0 Å². The Bertz CT molecular complexity index is 225. The first-order valence-electron chi connectivity index (χ1n) is 5.76. The SMILES string of the molecule is CC[C@H]1CN(C(=O)C2CC2)CC[C@H]1N. The second-order valence-corrected chi connectivity index (χ2v) is 4.68. The lowest BCUT2D eigenvalue weighted by Crippen LogP contribution is -2.49. The van der Waals surface area contributed by atoms with Gasteiger partial charge in [0.15, 0.2) is 0 Å². The van der Waals surface area contributed by atoms with Crippen molar-refractivity contribution in [3.05, 3.63) is 0 Å². The van der Waals surface area contributed by atoms with E-state index in [4.69, 9.17) is 5.73 Å². The van der Waals surface area contributed by atoms with Gasteiger partial charge in [0.05, 0.1) is 0 Å². The summed E-state index contributed by atoms with van der Waals surface area (Å²) in [6.45, 7) is 3.94. The highest BCUT2D eigenvalue weighted by Gasteiger charge is 2.36. The Hall–Kier alpha value is -0.570. The van der Waals surface area contributed by atoms with E-state index in [1.165, 1.54) is 0 Å². The van der Waals surface area contributed by atoms with E-state index in [0.29, 0.717) is 23.8 Å². The topological polar surface area (TPSA) is 46.3 Å². The molecule has 2 rings (SSSR count). The number of carbonyl (C=O) groups excluding carboxylic acids is 1. The highest BCUT2D eigenvalue weighted by molar-refractivity contribution is 5.81. The Kier molecular flexibility index (Phi) is 2.77. The molecule has 80 valence electrons. The summed E-state index contributed by atoms with van der Waals surface area (Å²) in [5.74, 6) is 1.27. The van der Waals surface area contributed by atoms with Crippen LogP contribution in [0.1, 0.15) is 32.6 Å². The molecule has 0 spiro atoms. The zero-order valence-electron chi connectivity index (χ0n) is 8.91. The van der Waals surface area contributed by atoms with E-state index in [0.717, 1.165) is 38.8 Å². The number of amides is 1. The second-order valence-electron chi connectivity index (χ2n) is 4.68. The summed E-state index contributed by atoms with van der Waals surface area (Å²) < 4.78 is 0. The lowest BCUT2D eigenvalue weighted by atomic mass is 9.90. The molecule has 1 aliphatic heterocycles. The molecule has 0 bridgehead atoms. The molecule has 0 unspecified atom stereocenters. The Balaban J connectivity index is 1.91. The van der Waals surface area contributed by atoms with Gasteiger partial charge in [-0.05, 0) is 25.2 Å².